The minimum Gasteiger partial charge on any atom is -0.479 e. The summed E-state index contributed by atoms with van der Waals surface area (Å²) in [6.07, 6.45) is -5.61. The fourth-order valence-corrected chi connectivity index (χ4v) is 1.77. The highest BCUT2D eigenvalue weighted by Gasteiger charge is 2.53. The van der Waals surface area contributed by atoms with Crippen LogP contribution in [0.3, 0.4) is 0 Å². The number of carboxylic acids is 1. The van der Waals surface area contributed by atoms with Gasteiger partial charge in [-0.2, -0.15) is 0 Å². The van der Waals surface area contributed by atoms with Gasteiger partial charge in [-0.05, 0) is 17.6 Å². The van der Waals surface area contributed by atoms with E-state index in [1.165, 1.54) is 6.92 Å². The number of hydrogen-bond donors (Lipinski definition) is 5. The van der Waals surface area contributed by atoms with E-state index in [4.69, 9.17) is 31.0 Å². The molecular weight excluding hydrogens is 276 g/mol. The maximum atomic E-state index is 10.8. The van der Waals surface area contributed by atoms with E-state index in [1.807, 2.05) is 0 Å². The summed E-state index contributed by atoms with van der Waals surface area (Å²) in [6.45, 7) is 0.469. The molecule has 114 valence electrons. The number of rotatable bonds is 5. The Morgan fingerprint density at radius 3 is 2.75 bits per heavy atom. The molecule has 0 aromatic rings. The minimum absolute atomic E-state index is 0.724. The Balaban J connectivity index is 3.04. The van der Waals surface area contributed by atoms with Gasteiger partial charge in [-0.1, -0.05) is 0 Å². The predicted octanol–water partition coefficient (Wildman–Crippen LogP) is -2.12. The van der Waals surface area contributed by atoms with Crippen LogP contribution in [0.1, 0.15) is 6.92 Å². The first-order chi connectivity index (χ1) is 9.26. The van der Waals surface area contributed by atoms with Crippen molar-refractivity contribution in [3.8, 4) is 0 Å². The summed E-state index contributed by atoms with van der Waals surface area (Å²) >= 11 is 0. The maximum Gasteiger partial charge on any atom is 0.332 e. The van der Waals surface area contributed by atoms with Gasteiger partial charge in [-0.25, -0.2) is 4.79 Å². The summed E-state index contributed by atoms with van der Waals surface area (Å²) in [4.78, 5) is 13.1. The summed E-state index contributed by atoms with van der Waals surface area (Å²) in [5.74, 6) is -3.88. The highest BCUT2D eigenvalue weighted by molar-refractivity contribution is 5.71. The number of hydrogen-bond acceptors (Lipinski definition) is 8. The molecular formula is C9H16N4O7. The van der Waals surface area contributed by atoms with Crippen LogP contribution in [0, 0.1) is 0 Å². The van der Waals surface area contributed by atoms with E-state index in [0.717, 1.165) is 0 Å². The summed E-state index contributed by atoms with van der Waals surface area (Å²) in [7, 11) is 0. The van der Waals surface area contributed by atoms with E-state index < -0.39 is 48.9 Å². The molecule has 1 aliphatic rings. The molecule has 0 saturated carbocycles. The lowest BCUT2D eigenvalue weighted by molar-refractivity contribution is -0.319. The molecule has 0 spiro atoms. The smallest absolute Gasteiger partial charge is 0.332 e. The van der Waals surface area contributed by atoms with Gasteiger partial charge in [0, 0.05) is 4.91 Å². The molecule has 1 saturated heterocycles. The fourth-order valence-electron chi connectivity index (χ4n) is 1.77. The Hall–Kier alpha value is -1.46. The lowest BCUT2D eigenvalue weighted by atomic mass is 9.95. The fraction of sp³-hybridized carbons (Fsp3) is 0.889. The molecule has 1 rings (SSSR count). The molecule has 11 nitrogen and oxygen atoms in total. The first kappa shape index (κ1) is 16.6. The van der Waals surface area contributed by atoms with Gasteiger partial charge in [0.25, 0.3) is 5.91 Å². The number of ether oxygens (including phenoxy) is 2. The summed E-state index contributed by atoms with van der Waals surface area (Å²) < 4.78 is 9.89. The quantitative estimate of drug-likeness (QED) is 0.215. The number of carbonyl (C=O) groups is 1. The summed E-state index contributed by atoms with van der Waals surface area (Å²) in [5, 5.41) is 40.7. The third-order valence-corrected chi connectivity index (χ3v) is 2.91. The van der Waals surface area contributed by atoms with Crippen LogP contribution in [0.2, 0.25) is 0 Å². The average molecular weight is 292 g/mol. The molecule has 1 unspecified atom stereocenters. The third kappa shape index (κ3) is 3.16. The number of nitrogens with two attached hydrogens (primary N) is 1. The van der Waals surface area contributed by atoms with Crippen LogP contribution in [0.5, 0.6) is 0 Å². The van der Waals surface area contributed by atoms with Crippen LogP contribution in [-0.4, -0.2) is 69.4 Å². The normalized spacial score (nSPS) is 38.9. The van der Waals surface area contributed by atoms with E-state index in [-0.39, 0.29) is 0 Å². The Morgan fingerprint density at radius 1 is 1.70 bits per heavy atom. The van der Waals surface area contributed by atoms with E-state index in [0.29, 0.717) is 0 Å². The number of aliphatic carboxylic acids is 1. The molecule has 0 radical (unpaired) electrons. The van der Waals surface area contributed by atoms with Crippen molar-refractivity contribution in [1.82, 2.24) is 0 Å². The number of aliphatic hydroxyl groups excluding tert-OH is 2. The van der Waals surface area contributed by atoms with Crippen molar-refractivity contribution in [3.05, 3.63) is 10.4 Å². The van der Waals surface area contributed by atoms with Gasteiger partial charge in [-0.3, -0.25) is 0 Å². The molecule has 0 aromatic carbocycles. The zero-order chi connectivity index (χ0) is 15.5. The van der Waals surface area contributed by atoms with Crippen molar-refractivity contribution in [2.75, 3.05) is 6.61 Å². The molecule has 6 atom stereocenters. The van der Waals surface area contributed by atoms with Crippen LogP contribution < -0.4 is 5.73 Å². The molecule has 1 aliphatic heterocycles. The Morgan fingerprint density at radius 2 is 2.30 bits per heavy atom. The topological polar surface area (TPSA) is 191 Å². The lowest BCUT2D eigenvalue weighted by Gasteiger charge is -2.45. The molecule has 0 amide bonds. The molecule has 11 heteroatoms. The van der Waals surface area contributed by atoms with Crippen LogP contribution in [0.15, 0.2) is 5.11 Å². The summed E-state index contributed by atoms with van der Waals surface area (Å²) in [6, 6.07) is -1.54. The Bertz CT molecular complexity index is 415. The van der Waals surface area contributed by atoms with Crippen molar-refractivity contribution in [3.63, 3.8) is 0 Å². The minimum atomic E-state index is -2.57. The number of nitrogens with zero attached hydrogens (tertiary/aromatic N) is 3. The lowest BCUT2D eigenvalue weighted by Crippen LogP contribution is -2.68. The standard InChI is InChI=1S/C9H16N4O7/c1-3(8(16)17)19-6-5(15)4(2-14)20-9(18,7(6)10)12-13-11/h3-7,14-15,18H,2,10H2,1H3,(H,16,17)/t3-,4-,5-,6+,7-,9?/m1/s1. The second kappa shape index (κ2) is 6.33. The van der Waals surface area contributed by atoms with Crippen molar-refractivity contribution in [1.29, 1.82) is 0 Å². The van der Waals surface area contributed by atoms with Crippen LogP contribution in [0.25, 0.3) is 10.4 Å². The molecule has 6 N–H and O–H groups in total. The molecule has 1 heterocycles. The number of carboxylic acid groups (broad SMARTS) is 1. The van der Waals surface area contributed by atoms with Gasteiger partial charge in [0.15, 0.2) is 6.10 Å². The van der Waals surface area contributed by atoms with Gasteiger partial charge in [0.1, 0.15) is 18.3 Å². The zero-order valence-corrected chi connectivity index (χ0v) is 10.5. The highest BCUT2D eigenvalue weighted by Crippen LogP contribution is 2.30. The second-order valence-corrected chi connectivity index (χ2v) is 4.28. The first-order valence-electron chi connectivity index (χ1n) is 5.66. The molecule has 20 heavy (non-hydrogen) atoms. The Kier molecular flexibility index (Phi) is 5.25. The second-order valence-electron chi connectivity index (χ2n) is 4.28. The average Bonchev–Trinajstić information content (AvgIpc) is 2.39. The van der Waals surface area contributed by atoms with Crippen molar-refractivity contribution < 1.29 is 34.7 Å². The predicted molar refractivity (Wildman–Crippen MR) is 62.0 cm³/mol. The molecule has 0 bridgehead atoms. The molecule has 1 fully saturated rings. The first-order valence-corrected chi connectivity index (χ1v) is 5.66. The van der Waals surface area contributed by atoms with Gasteiger partial charge in [0.2, 0.25) is 0 Å². The molecule has 0 aromatic heterocycles. The third-order valence-electron chi connectivity index (χ3n) is 2.91. The van der Waals surface area contributed by atoms with Crippen LogP contribution in [-0.2, 0) is 14.3 Å². The van der Waals surface area contributed by atoms with Gasteiger partial charge in [-0.15, -0.1) is 0 Å². The van der Waals surface area contributed by atoms with E-state index in [1.54, 1.807) is 0 Å². The van der Waals surface area contributed by atoms with Gasteiger partial charge < -0.3 is 35.6 Å². The van der Waals surface area contributed by atoms with Gasteiger partial charge >= 0.3 is 5.97 Å². The van der Waals surface area contributed by atoms with Crippen LogP contribution >= 0.6 is 0 Å². The van der Waals surface area contributed by atoms with Crippen LogP contribution in [0.4, 0.5) is 0 Å². The van der Waals surface area contributed by atoms with Gasteiger partial charge in [0.05, 0.1) is 12.6 Å². The highest BCUT2D eigenvalue weighted by atomic mass is 16.7. The summed E-state index contributed by atoms with van der Waals surface area (Å²) in [5.41, 5.74) is 14.0. The van der Waals surface area contributed by atoms with E-state index in [2.05, 4.69) is 10.0 Å². The zero-order valence-electron chi connectivity index (χ0n) is 10.5. The number of azide groups is 1. The van der Waals surface area contributed by atoms with Crippen molar-refractivity contribution in [2.24, 2.45) is 10.8 Å². The monoisotopic (exact) mass is 292 g/mol. The maximum absolute atomic E-state index is 10.8. The van der Waals surface area contributed by atoms with E-state index >= 15 is 0 Å². The Labute approximate surface area is 113 Å². The van der Waals surface area contributed by atoms with E-state index in [9.17, 15) is 15.0 Å². The molecule has 0 aliphatic carbocycles. The van der Waals surface area contributed by atoms with Crippen molar-refractivity contribution >= 4 is 5.97 Å². The SMILES string of the molecule is C[C@@H](O[C@H]1[C@H](O)[C@@H](CO)OC(O)(N=[N+]=[N-])[C@@H]1N)C(=O)O. The number of aliphatic hydroxyl groups is 3. The largest absolute Gasteiger partial charge is 0.479 e. The van der Waals surface area contributed by atoms with Crippen molar-refractivity contribution in [2.45, 2.75) is 43.3 Å².